The van der Waals surface area contributed by atoms with E-state index in [0.29, 0.717) is 23.6 Å². The minimum absolute atomic E-state index is 0.125. The number of benzene rings is 2. The van der Waals surface area contributed by atoms with E-state index < -0.39 is 6.04 Å². The molecule has 0 aliphatic heterocycles. The molecule has 2 rings (SSSR count). The maximum atomic E-state index is 13.6. The van der Waals surface area contributed by atoms with E-state index in [1.165, 1.54) is 6.07 Å². The lowest BCUT2D eigenvalue weighted by molar-refractivity contribution is -0.121. The summed E-state index contributed by atoms with van der Waals surface area (Å²) < 4.78 is 13.6. The molecule has 128 valence electrons. The second-order valence-electron chi connectivity index (χ2n) is 6.02. The van der Waals surface area contributed by atoms with Gasteiger partial charge in [-0.05, 0) is 41.7 Å². The molecule has 0 aromatic heterocycles. The van der Waals surface area contributed by atoms with Gasteiger partial charge < -0.3 is 11.1 Å². The number of carbonyl (C=O) groups excluding carboxylic acids is 1. The van der Waals surface area contributed by atoms with Crippen molar-refractivity contribution in [2.45, 2.75) is 31.7 Å². The van der Waals surface area contributed by atoms with E-state index in [2.05, 4.69) is 5.32 Å². The summed E-state index contributed by atoms with van der Waals surface area (Å²) >= 11 is 5.87. The number of nitrogens with one attached hydrogen (secondary N) is 1. The Morgan fingerprint density at radius 3 is 2.54 bits per heavy atom. The fourth-order valence-corrected chi connectivity index (χ4v) is 2.63. The standard InChI is InChI=1S/C19H22ClFN2O/c1-13(14-6-8-16(20)9-7-14)12-23-19(24)11-17(22)10-15-4-2-3-5-18(15)21/h2-9,13,17H,10-12,22H2,1H3,(H,23,24)/t13?,17-/m1/s1. The van der Waals surface area contributed by atoms with Crippen LogP contribution < -0.4 is 11.1 Å². The van der Waals surface area contributed by atoms with Gasteiger partial charge in [-0.25, -0.2) is 4.39 Å². The molecule has 0 radical (unpaired) electrons. The summed E-state index contributed by atoms with van der Waals surface area (Å²) in [7, 11) is 0. The van der Waals surface area contributed by atoms with Crippen LogP contribution in [0, 0.1) is 5.82 Å². The molecule has 3 nitrogen and oxygen atoms in total. The molecule has 24 heavy (non-hydrogen) atoms. The number of carbonyl (C=O) groups is 1. The van der Waals surface area contributed by atoms with Gasteiger partial charge in [-0.3, -0.25) is 4.79 Å². The van der Waals surface area contributed by atoms with Crippen LogP contribution in [0.15, 0.2) is 48.5 Å². The van der Waals surface area contributed by atoms with E-state index in [-0.39, 0.29) is 24.1 Å². The van der Waals surface area contributed by atoms with Gasteiger partial charge in [0.25, 0.3) is 0 Å². The summed E-state index contributed by atoms with van der Waals surface area (Å²) in [5, 5.41) is 3.57. The van der Waals surface area contributed by atoms with Crippen molar-refractivity contribution in [2.24, 2.45) is 5.73 Å². The zero-order valence-electron chi connectivity index (χ0n) is 13.6. The maximum absolute atomic E-state index is 13.6. The van der Waals surface area contributed by atoms with Crippen molar-refractivity contribution in [2.75, 3.05) is 6.54 Å². The zero-order chi connectivity index (χ0) is 17.5. The van der Waals surface area contributed by atoms with E-state index >= 15 is 0 Å². The highest BCUT2D eigenvalue weighted by Gasteiger charge is 2.13. The Labute approximate surface area is 147 Å². The van der Waals surface area contributed by atoms with Gasteiger partial charge in [-0.15, -0.1) is 0 Å². The molecule has 0 fully saturated rings. The zero-order valence-corrected chi connectivity index (χ0v) is 14.4. The highest BCUT2D eigenvalue weighted by Crippen LogP contribution is 2.17. The Bertz CT molecular complexity index is 675. The van der Waals surface area contributed by atoms with Gasteiger partial charge in [-0.1, -0.05) is 48.9 Å². The maximum Gasteiger partial charge on any atom is 0.221 e. The number of hydrogen-bond acceptors (Lipinski definition) is 2. The third kappa shape index (κ3) is 5.62. The third-order valence-electron chi connectivity index (χ3n) is 3.93. The molecule has 0 spiro atoms. The van der Waals surface area contributed by atoms with E-state index in [1.54, 1.807) is 18.2 Å². The van der Waals surface area contributed by atoms with Crippen molar-refractivity contribution in [3.8, 4) is 0 Å². The first kappa shape index (κ1) is 18.4. The molecule has 5 heteroatoms. The largest absolute Gasteiger partial charge is 0.355 e. The van der Waals surface area contributed by atoms with Gasteiger partial charge in [0.05, 0.1) is 0 Å². The van der Waals surface area contributed by atoms with E-state index in [1.807, 2.05) is 31.2 Å². The molecule has 2 aromatic carbocycles. The topological polar surface area (TPSA) is 55.1 Å². The van der Waals surface area contributed by atoms with Crippen molar-refractivity contribution in [1.29, 1.82) is 0 Å². The van der Waals surface area contributed by atoms with Gasteiger partial charge in [0.2, 0.25) is 5.91 Å². The van der Waals surface area contributed by atoms with Crippen molar-refractivity contribution in [1.82, 2.24) is 5.32 Å². The second-order valence-corrected chi connectivity index (χ2v) is 6.45. The van der Waals surface area contributed by atoms with Crippen LogP contribution in [0.5, 0.6) is 0 Å². The Morgan fingerprint density at radius 2 is 1.88 bits per heavy atom. The minimum atomic E-state index is -0.410. The Morgan fingerprint density at radius 1 is 1.21 bits per heavy atom. The van der Waals surface area contributed by atoms with Gasteiger partial charge in [0, 0.05) is 24.0 Å². The number of rotatable bonds is 7. The molecule has 2 atom stereocenters. The first-order chi connectivity index (χ1) is 11.5. The van der Waals surface area contributed by atoms with Crippen molar-refractivity contribution >= 4 is 17.5 Å². The van der Waals surface area contributed by atoms with Crippen LogP contribution in [-0.4, -0.2) is 18.5 Å². The molecular formula is C19H22ClFN2O. The smallest absolute Gasteiger partial charge is 0.221 e. The number of amides is 1. The SMILES string of the molecule is CC(CNC(=O)C[C@H](N)Cc1ccccc1F)c1ccc(Cl)cc1. The molecule has 3 N–H and O–H groups in total. The molecule has 1 unspecified atom stereocenters. The van der Waals surface area contributed by atoms with Crippen molar-refractivity contribution in [3.63, 3.8) is 0 Å². The lowest BCUT2D eigenvalue weighted by Crippen LogP contribution is -2.34. The number of nitrogens with two attached hydrogens (primary N) is 1. The first-order valence-corrected chi connectivity index (χ1v) is 8.34. The van der Waals surface area contributed by atoms with Crippen molar-refractivity contribution in [3.05, 3.63) is 70.5 Å². The molecule has 1 amide bonds. The van der Waals surface area contributed by atoms with Crippen LogP contribution in [0.3, 0.4) is 0 Å². The summed E-state index contributed by atoms with van der Waals surface area (Å²) in [4.78, 5) is 12.0. The van der Waals surface area contributed by atoms with Crippen LogP contribution in [-0.2, 0) is 11.2 Å². The highest BCUT2D eigenvalue weighted by atomic mass is 35.5. The summed E-state index contributed by atoms with van der Waals surface area (Å²) in [5.74, 6) is -0.238. The minimum Gasteiger partial charge on any atom is -0.355 e. The summed E-state index contributed by atoms with van der Waals surface area (Å²) in [5.41, 5.74) is 7.61. The average Bonchev–Trinajstić information content (AvgIpc) is 2.55. The summed E-state index contributed by atoms with van der Waals surface area (Å²) in [6.45, 7) is 2.55. The van der Waals surface area contributed by atoms with Crippen LogP contribution in [0.4, 0.5) is 4.39 Å². The molecular weight excluding hydrogens is 327 g/mol. The van der Waals surface area contributed by atoms with Gasteiger partial charge in [0.1, 0.15) is 5.82 Å². The van der Waals surface area contributed by atoms with Crippen LogP contribution in [0.25, 0.3) is 0 Å². The Kier molecular flexibility index (Phi) is 6.76. The summed E-state index contributed by atoms with van der Waals surface area (Å²) in [6, 6.07) is 13.6. The molecule has 0 bridgehead atoms. The predicted molar refractivity (Wildman–Crippen MR) is 95.6 cm³/mol. The first-order valence-electron chi connectivity index (χ1n) is 7.97. The monoisotopic (exact) mass is 348 g/mol. The molecule has 0 aliphatic carbocycles. The second kappa shape index (κ2) is 8.81. The lowest BCUT2D eigenvalue weighted by Gasteiger charge is -2.15. The number of hydrogen-bond donors (Lipinski definition) is 2. The fraction of sp³-hybridized carbons (Fsp3) is 0.316. The number of halogens is 2. The molecule has 0 heterocycles. The highest BCUT2D eigenvalue weighted by molar-refractivity contribution is 6.30. The van der Waals surface area contributed by atoms with Gasteiger partial charge in [-0.2, -0.15) is 0 Å². The van der Waals surface area contributed by atoms with Crippen LogP contribution in [0.1, 0.15) is 30.4 Å². The lowest BCUT2D eigenvalue weighted by atomic mass is 10.0. The normalized spacial score (nSPS) is 13.3. The average molecular weight is 349 g/mol. The Hall–Kier alpha value is -1.91. The molecule has 0 aliphatic rings. The molecule has 0 saturated heterocycles. The van der Waals surface area contributed by atoms with E-state index in [9.17, 15) is 9.18 Å². The Balaban J connectivity index is 1.78. The van der Waals surface area contributed by atoms with Crippen molar-refractivity contribution < 1.29 is 9.18 Å². The summed E-state index contributed by atoms with van der Waals surface area (Å²) in [6.07, 6.45) is 0.508. The van der Waals surface area contributed by atoms with Gasteiger partial charge in [0.15, 0.2) is 0 Å². The van der Waals surface area contributed by atoms with Crippen LogP contribution in [0.2, 0.25) is 5.02 Å². The predicted octanol–water partition coefficient (Wildman–Crippen LogP) is 3.66. The fourth-order valence-electron chi connectivity index (χ4n) is 2.50. The molecule has 2 aromatic rings. The van der Waals surface area contributed by atoms with E-state index in [0.717, 1.165) is 5.56 Å². The van der Waals surface area contributed by atoms with Gasteiger partial charge >= 0.3 is 0 Å². The quantitative estimate of drug-likeness (QED) is 0.802. The third-order valence-corrected chi connectivity index (χ3v) is 4.18. The van der Waals surface area contributed by atoms with E-state index in [4.69, 9.17) is 17.3 Å². The van der Waals surface area contributed by atoms with Crippen LogP contribution >= 0.6 is 11.6 Å². The molecule has 0 saturated carbocycles.